The lowest BCUT2D eigenvalue weighted by atomic mass is 10.0. The third kappa shape index (κ3) is 3.08. The predicted molar refractivity (Wildman–Crippen MR) is 53.8 cm³/mol. The lowest BCUT2D eigenvalue weighted by molar-refractivity contribution is 0.153. The van der Waals surface area contributed by atoms with Gasteiger partial charge in [0.05, 0.1) is 18.7 Å². The first-order valence-electron chi connectivity index (χ1n) is 4.88. The van der Waals surface area contributed by atoms with E-state index in [4.69, 9.17) is 0 Å². The van der Waals surface area contributed by atoms with E-state index in [0.717, 1.165) is 13.0 Å². The maximum absolute atomic E-state index is 9.29. The Labute approximate surface area is 84.2 Å². The van der Waals surface area contributed by atoms with Gasteiger partial charge in [-0.1, -0.05) is 6.92 Å². The van der Waals surface area contributed by atoms with Gasteiger partial charge in [0.1, 0.15) is 12.7 Å². The van der Waals surface area contributed by atoms with Crippen LogP contribution < -0.4 is 5.32 Å². The van der Waals surface area contributed by atoms with Crippen LogP contribution in [0.15, 0.2) is 12.7 Å². The molecule has 0 saturated heterocycles. The Bertz CT molecular complexity index is 249. The second-order valence-corrected chi connectivity index (χ2v) is 3.74. The van der Waals surface area contributed by atoms with Crippen LogP contribution >= 0.6 is 0 Å². The fourth-order valence-electron chi connectivity index (χ4n) is 1.26. The fraction of sp³-hybridized carbons (Fsp3) is 0.778. The van der Waals surface area contributed by atoms with Crippen molar-refractivity contribution in [2.24, 2.45) is 0 Å². The highest BCUT2D eigenvalue weighted by molar-refractivity contribution is 4.82. The molecule has 0 saturated carbocycles. The third-order valence-corrected chi connectivity index (χ3v) is 2.13. The predicted octanol–water partition coefficient (Wildman–Crippen LogP) is 0.0287. The van der Waals surface area contributed by atoms with Gasteiger partial charge in [0.15, 0.2) is 0 Å². The molecule has 80 valence electrons. The maximum Gasteiger partial charge on any atom is 0.137 e. The van der Waals surface area contributed by atoms with E-state index in [1.807, 2.05) is 6.92 Å². The van der Waals surface area contributed by atoms with Gasteiger partial charge >= 0.3 is 0 Å². The van der Waals surface area contributed by atoms with Gasteiger partial charge in [-0.3, -0.25) is 4.68 Å². The van der Waals surface area contributed by atoms with Gasteiger partial charge in [-0.05, 0) is 19.9 Å². The Balaban J connectivity index is 2.52. The number of aliphatic hydroxyl groups excluding tert-OH is 1. The zero-order valence-corrected chi connectivity index (χ0v) is 8.77. The number of hydrogen-bond acceptors (Lipinski definition) is 4. The molecule has 0 aliphatic rings. The molecule has 5 heteroatoms. The third-order valence-electron chi connectivity index (χ3n) is 2.13. The van der Waals surface area contributed by atoms with Crippen LogP contribution in [0.4, 0.5) is 0 Å². The Hall–Kier alpha value is -0.940. The van der Waals surface area contributed by atoms with Crippen molar-refractivity contribution in [2.75, 3.05) is 13.2 Å². The molecule has 1 atom stereocenters. The van der Waals surface area contributed by atoms with E-state index in [0.29, 0.717) is 6.54 Å². The molecule has 1 rings (SSSR count). The fourth-order valence-corrected chi connectivity index (χ4v) is 1.26. The molecule has 0 spiro atoms. The number of hydrogen-bond donors (Lipinski definition) is 2. The first-order chi connectivity index (χ1) is 6.70. The van der Waals surface area contributed by atoms with Gasteiger partial charge in [-0.15, -0.1) is 0 Å². The van der Waals surface area contributed by atoms with Crippen molar-refractivity contribution in [1.29, 1.82) is 0 Å². The molecule has 0 radical (unpaired) electrons. The number of rotatable bonds is 6. The van der Waals surface area contributed by atoms with Crippen LogP contribution in [0.1, 0.15) is 20.3 Å². The van der Waals surface area contributed by atoms with Crippen molar-refractivity contribution >= 4 is 0 Å². The molecule has 0 aliphatic heterocycles. The molecule has 5 nitrogen and oxygen atoms in total. The lowest BCUT2D eigenvalue weighted by Crippen LogP contribution is -2.49. The molecule has 1 aromatic heterocycles. The van der Waals surface area contributed by atoms with Gasteiger partial charge in [-0.2, -0.15) is 5.10 Å². The van der Waals surface area contributed by atoms with Crippen molar-refractivity contribution in [2.45, 2.75) is 32.4 Å². The largest absolute Gasteiger partial charge is 0.394 e. The Kier molecular flexibility index (Phi) is 4.03. The van der Waals surface area contributed by atoms with Gasteiger partial charge in [-0.25, -0.2) is 4.98 Å². The number of aromatic nitrogens is 3. The SMILES string of the molecule is CCCNC(C)(CO)Cn1cncn1. The van der Waals surface area contributed by atoms with E-state index < -0.39 is 0 Å². The average Bonchev–Trinajstić information content (AvgIpc) is 2.67. The summed E-state index contributed by atoms with van der Waals surface area (Å²) in [6, 6.07) is 0. The Morgan fingerprint density at radius 3 is 2.86 bits per heavy atom. The smallest absolute Gasteiger partial charge is 0.137 e. The van der Waals surface area contributed by atoms with E-state index in [1.165, 1.54) is 6.33 Å². The van der Waals surface area contributed by atoms with Crippen LogP contribution in [-0.4, -0.2) is 38.6 Å². The first kappa shape index (κ1) is 11.1. The highest BCUT2D eigenvalue weighted by Crippen LogP contribution is 2.05. The van der Waals surface area contributed by atoms with Crippen LogP contribution in [0, 0.1) is 0 Å². The molecule has 0 fully saturated rings. The second kappa shape index (κ2) is 5.07. The van der Waals surface area contributed by atoms with Crippen LogP contribution in [0.25, 0.3) is 0 Å². The number of aliphatic hydroxyl groups is 1. The highest BCUT2D eigenvalue weighted by Gasteiger charge is 2.22. The summed E-state index contributed by atoms with van der Waals surface area (Å²) in [5.41, 5.74) is -0.316. The summed E-state index contributed by atoms with van der Waals surface area (Å²) in [5.74, 6) is 0. The molecule has 0 amide bonds. The number of nitrogens with one attached hydrogen (secondary N) is 1. The molecule has 0 aliphatic carbocycles. The minimum absolute atomic E-state index is 0.0901. The summed E-state index contributed by atoms with van der Waals surface area (Å²) in [7, 11) is 0. The highest BCUT2D eigenvalue weighted by atomic mass is 16.3. The van der Waals surface area contributed by atoms with E-state index in [1.54, 1.807) is 11.0 Å². The summed E-state index contributed by atoms with van der Waals surface area (Å²) in [5, 5.41) is 16.6. The van der Waals surface area contributed by atoms with Crippen molar-refractivity contribution in [1.82, 2.24) is 20.1 Å². The van der Waals surface area contributed by atoms with E-state index in [-0.39, 0.29) is 12.1 Å². The molecule has 14 heavy (non-hydrogen) atoms. The molecule has 1 aromatic rings. The van der Waals surface area contributed by atoms with Crippen LogP contribution in [0.5, 0.6) is 0 Å². The van der Waals surface area contributed by atoms with Gasteiger partial charge in [0, 0.05) is 0 Å². The van der Waals surface area contributed by atoms with Crippen molar-refractivity contribution in [3.8, 4) is 0 Å². The Morgan fingerprint density at radius 2 is 2.36 bits per heavy atom. The van der Waals surface area contributed by atoms with Crippen molar-refractivity contribution in [3.63, 3.8) is 0 Å². The summed E-state index contributed by atoms with van der Waals surface area (Å²) in [4.78, 5) is 3.86. The normalized spacial score (nSPS) is 15.4. The molecule has 0 aromatic carbocycles. The Morgan fingerprint density at radius 1 is 1.57 bits per heavy atom. The van der Waals surface area contributed by atoms with E-state index in [9.17, 15) is 5.11 Å². The molecule has 1 heterocycles. The molecular formula is C9H18N4O. The minimum Gasteiger partial charge on any atom is -0.394 e. The van der Waals surface area contributed by atoms with E-state index in [2.05, 4.69) is 22.3 Å². The minimum atomic E-state index is -0.316. The summed E-state index contributed by atoms with van der Waals surface area (Å²) < 4.78 is 1.72. The topological polar surface area (TPSA) is 63.0 Å². The van der Waals surface area contributed by atoms with E-state index >= 15 is 0 Å². The zero-order chi connectivity index (χ0) is 10.4. The maximum atomic E-state index is 9.29. The molecule has 0 bridgehead atoms. The van der Waals surface area contributed by atoms with Gasteiger partial charge in [0.2, 0.25) is 0 Å². The van der Waals surface area contributed by atoms with Crippen molar-refractivity contribution < 1.29 is 5.11 Å². The van der Waals surface area contributed by atoms with Crippen LogP contribution in [0.3, 0.4) is 0 Å². The first-order valence-corrected chi connectivity index (χ1v) is 4.88. The standard InChI is InChI=1S/C9H18N4O/c1-3-4-11-9(2,6-14)5-13-8-10-7-12-13/h7-8,11,14H,3-6H2,1-2H3. The van der Waals surface area contributed by atoms with Gasteiger partial charge in [0.25, 0.3) is 0 Å². The molecule has 1 unspecified atom stereocenters. The zero-order valence-electron chi connectivity index (χ0n) is 8.77. The van der Waals surface area contributed by atoms with Crippen LogP contribution in [0.2, 0.25) is 0 Å². The summed E-state index contributed by atoms with van der Waals surface area (Å²) in [6.07, 6.45) is 4.20. The van der Waals surface area contributed by atoms with Crippen molar-refractivity contribution in [3.05, 3.63) is 12.7 Å². The molecule has 2 N–H and O–H groups in total. The number of nitrogens with zero attached hydrogens (tertiary/aromatic N) is 3. The monoisotopic (exact) mass is 198 g/mol. The summed E-state index contributed by atoms with van der Waals surface area (Å²) >= 11 is 0. The quantitative estimate of drug-likeness (QED) is 0.677. The average molecular weight is 198 g/mol. The van der Waals surface area contributed by atoms with Crippen LogP contribution in [-0.2, 0) is 6.54 Å². The molecular weight excluding hydrogens is 180 g/mol. The second-order valence-electron chi connectivity index (χ2n) is 3.74. The lowest BCUT2D eigenvalue weighted by Gasteiger charge is -2.28. The summed E-state index contributed by atoms with van der Waals surface area (Å²) in [6.45, 7) is 5.69. The van der Waals surface area contributed by atoms with Gasteiger partial charge < -0.3 is 10.4 Å².